The molecule has 1 aliphatic rings. The highest BCUT2D eigenvalue weighted by atomic mass is 35.5. The minimum atomic E-state index is 0.130. The van der Waals surface area contributed by atoms with E-state index in [-0.39, 0.29) is 17.6 Å². The Labute approximate surface area is 225 Å². The van der Waals surface area contributed by atoms with Crippen LogP contribution in [0.2, 0.25) is 5.02 Å². The number of aryl methyl sites for hydroxylation is 1. The second-order valence-corrected chi connectivity index (χ2v) is 9.73. The van der Waals surface area contributed by atoms with Crippen LogP contribution < -0.4 is 10.2 Å². The summed E-state index contributed by atoms with van der Waals surface area (Å²) < 4.78 is 1.58. The highest BCUT2D eigenvalue weighted by Gasteiger charge is 2.27. The number of anilines is 3. The molecule has 0 bridgehead atoms. The van der Waals surface area contributed by atoms with Crippen molar-refractivity contribution in [3.05, 3.63) is 71.4 Å². The van der Waals surface area contributed by atoms with E-state index in [0.717, 1.165) is 23.5 Å². The zero-order valence-electron chi connectivity index (χ0n) is 21.3. The van der Waals surface area contributed by atoms with Crippen molar-refractivity contribution >= 4 is 34.8 Å². The molecule has 4 aromatic rings. The molecule has 0 spiro atoms. The van der Waals surface area contributed by atoms with E-state index in [4.69, 9.17) is 11.6 Å². The first kappa shape index (κ1) is 25.3. The SMILES string of the molecule is Cc1ccc(-n2cc(-c3nc(Nc4ccc(N5CC[C@H](N(C)C)CC5=O)cc4)ncc3Cl)cn2)c(C#N)n1. The van der Waals surface area contributed by atoms with Gasteiger partial charge in [0.05, 0.1) is 23.1 Å². The van der Waals surface area contributed by atoms with E-state index in [0.29, 0.717) is 40.9 Å². The third kappa shape index (κ3) is 5.20. The third-order valence-electron chi connectivity index (χ3n) is 6.53. The van der Waals surface area contributed by atoms with Crippen molar-refractivity contribution in [3.8, 4) is 23.0 Å². The predicted octanol–water partition coefficient (Wildman–Crippen LogP) is 4.36. The van der Waals surface area contributed by atoms with Crippen molar-refractivity contribution in [1.82, 2.24) is 29.6 Å². The monoisotopic (exact) mass is 527 g/mol. The van der Waals surface area contributed by atoms with Crippen molar-refractivity contribution < 1.29 is 4.79 Å². The standard InChI is InChI=1S/C27H26ClN9O/c1-17-4-9-24(23(13-29)32-17)37-16-18(14-31-37)26-22(28)15-30-27(34-26)33-19-5-7-20(8-6-19)36-11-10-21(35(2)3)12-25(36)38/h4-9,14-16,21H,10-12H2,1-3H3,(H,30,33,34)/t21-/m0/s1. The number of hydrogen-bond acceptors (Lipinski definition) is 8. The molecular weight excluding hydrogens is 502 g/mol. The Bertz CT molecular complexity index is 1520. The molecule has 1 aromatic carbocycles. The Balaban J connectivity index is 1.33. The number of benzene rings is 1. The van der Waals surface area contributed by atoms with E-state index >= 15 is 0 Å². The van der Waals surface area contributed by atoms with Crippen molar-refractivity contribution in [3.63, 3.8) is 0 Å². The average molecular weight is 528 g/mol. The van der Waals surface area contributed by atoms with E-state index in [1.54, 1.807) is 23.1 Å². The van der Waals surface area contributed by atoms with Gasteiger partial charge in [0, 0.05) is 47.8 Å². The Kier molecular flexibility index (Phi) is 7.05. The van der Waals surface area contributed by atoms with Crippen LogP contribution in [-0.2, 0) is 4.79 Å². The molecule has 0 aliphatic carbocycles. The summed E-state index contributed by atoms with van der Waals surface area (Å²) in [7, 11) is 4.02. The van der Waals surface area contributed by atoms with Crippen molar-refractivity contribution in [2.24, 2.45) is 0 Å². The van der Waals surface area contributed by atoms with Crippen LogP contribution in [0.5, 0.6) is 0 Å². The molecule has 5 rings (SSSR count). The van der Waals surface area contributed by atoms with Gasteiger partial charge in [-0.2, -0.15) is 10.4 Å². The number of hydrogen-bond donors (Lipinski definition) is 1. The fourth-order valence-corrected chi connectivity index (χ4v) is 4.61. The summed E-state index contributed by atoms with van der Waals surface area (Å²) in [6.07, 6.45) is 6.36. The number of nitriles is 1. The van der Waals surface area contributed by atoms with Crippen LogP contribution in [0.15, 0.2) is 55.0 Å². The fraction of sp³-hybridized carbons (Fsp3) is 0.259. The maximum Gasteiger partial charge on any atom is 0.228 e. The Morgan fingerprint density at radius 2 is 1.92 bits per heavy atom. The number of halogens is 1. The molecule has 38 heavy (non-hydrogen) atoms. The van der Waals surface area contributed by atoms with Gasteiger partial charge in [0.15, 0.2) is 5.69 Å². The number of pyridine rings is 1. The number of piperidine rings is 1. The number of rotatable bonds is 6. The lowest BCUT2D eigenvalue weighted by atomic mass is 10.0. The van der Waals surface area contributed by atoms with Crippen LogP contribution in [-0.4, -0.2) is 62.2 Å². The minimum absolute atomic E-state index is 0.130. The summed E-state index contributed by atoms with van der Waals surface area (Å²) >= 11 is 6.42. The third-order valence-corrected chi connectivity index (χ3v) is 6.81. The quantitative estimate of drug-likeness (QED) is 0.393. The Hall–Kier alpha value is -4.33. The largest absolute Gasteiger partial charge is 0.324 e. The fourth-order valence-electron chi connectivity index (χ4n) is 4.41. The highest BCUT2D eigenvalue weighted by Crippen LogP contribution is 2.29. The van der Waals surface area contributed by atoms with Crippen molar-refractivity contribution in [1.29, 1.82) is 5.26 Å². The van der Waals surface area contributed by atoms with Gasteiger partial charge in [0.25, 0.3) is 0 Å². The Morgan fingerprint density at radius 3 is 2.63 bits per heavy atom. The lowest BCUT2D eigenvalue weighted by molar-refractivity contribution is -0.120. The molecule has 192 valence electrons. The average Bonchev–Trinajstić information content (AvgIpc) is 3.40. The molecule has 4 heterocycles. The van der Waals surface area contributed by atoms with Crippen molar-refractivity contribution in [2.75, 3.05) is 30.9 Å². The Morgan fingerprint density at radius 1 is 1.13 bits per heavy atom. The number of nitrogens with zero attached hydrogens (tertiary/aromatic N) is 8. The number of nitrogens with one attached hydrogen (secondary N) is 1. The first-order valence-corrected chi connectivity index (χ1v) is 12.5. The summed E-state index contributed by atoms with van der Waals surface area (Å²) in [5.74, 6) is 0.493. The lowest BCUT2D eigenvalue weighted by Crippen LogP contribution is -2.45. The number of carbonyl (C=O) groups excluding carboxylic acids is 1. The van der Waals surface area contributed by atoms with Gasteiger partial charge in [-0.1, -0.05) is 11.6 Å². The summed E-state index contributed by atoms with van der Waals surface area (Å²) in [6.45, 7) is 2.52. The normalized spacial score (nSPS) is 15.5. The van der Waals surface area contributed by atoms with E-state index in [9.17, 15) is 10.1 Å². The van der Waals surface area contributed by atoms with Gasteiger partial charge < -0.3 is 15.1 Å². The zero-order valence-corrected chi connectivity index (χ0v) is 22.0. The number of amides is 1. The van der Waals surface area contributed by atoms with E-state index in [1.807, 2.05) is 56.3 Å². The summed E-state index contributed by atoms with van der Waals surface area (Å²) in [5, 5.41) is 17.4. The second-order valence-electron chi connectivity index (χ2n) is 9.32. The molecule has 10 nitrogen and oxygen atoms in total. The smallest absolute Gasteiger partial charge is 0.228 e. The molecular formula is C27H26ClN9O. The topological polar surface area (TPSA) is 116 Å². The molecule has 1 fully saturated rings. The number of carbonyl (C=O) groups is 1. The van der Waals surface area contributed by atoms with E-state index in [1.165, 1.54) is 6.20 Å². The molecule has 0 saturated carbocycles. The van der Waals surface area contributed by atoms with Crippen LogP contribution in [0.3, 0.4) is 0 Å². The van der Waals surface area contributed by atoms with Gasteiger partial charge in [-0.3, -0.25) is 4.79 Å². The summed E-state index contributed by atoms with van der Waals surface area (Å²) in [5.41, 5.74) is 4.41. The molecule has 3 aromatic heterocycles. The van der Waals surface area contributed by atoms with Crippen LogP contribution in [0.4, 0.5) is 17.3 Å². The molecule has 0 radical (unpaired) electrons. The van der Waals surface area contributed by atoms with Crippen LogP contribution >= 0.6 is 11.6 Å². The summed E-state index contributed by atoms with van der Waals surface area (Å²) in [4.78, 5) is 29.8. The first-order valence-electron chi connectivity index (χ1n) is 12.1. The van der Waals surface area contributed by atoms with Crippen LogP contribution in [0.25, 0.3) is 16.9 Å². The molecule has 1 N–H and O–H groups in total. The van der Waals surface area contributed by atoms with E-state index in [2.05, 4.69) is 36.3 Å². The van der Waals surface area contributed by atoms with Gasteiger partial charge in [0.2, 0.25) is 11.9 Å². The molecule has 1 saturated heterocycles. The molecule has 0 unspecified atom stereocenters. The predicted molar refractivity (Wildman–Crippen MR) is 146 cm³/mol. The van der Waals surface area contributed by atoms with Gasteiger partial charge in [0.1, 0.15) is 11.8 Å². The van der Waals surface area contributed by atoms with Gasteiger partial charge in [-0.15, -0.1) is 0 Å². The maximum absolute atomic E-state index is 12.7. The van der Waals surface area contributed by atoms with E-state index < -0.39 is 0 Å². The summed E-state index contributed by atoms with van der Waals surface area (Å²) in [6, 6.07) is 13.6. The molecule has 1 aliphatic heterocycles. The highest BCUT2D eigenvalue weighted by molar-refractivity contribution is 6.32. The second kappa shape index (κ2) is 10.6. The van der Waals surface area contributed by atoms with Gasteiger partial charge in [-0.05, 0) is 63.8 Å². The molecule has 11 heteroatoms. The maximum atomic E-state index is 12.7. The van der Waals surface area contributed by atoms with Gasteiger partial charge >= 0.3 is 0 Å². The van der Waals surface area contributed by atoms with Crippen LogP contribution in [0, 0.1) is 18.3 Å². The minimum Gasteiger partial charge on any atom is -0.324 e. The molecule has 1 atom stereocenters. The first-order chi connectivity index (χ1) is 18.3. The van der Waals surface area contributed by atoms with Crippen LogP contribution in [0.1, 0.15) is 24.2 Å². The lowest BCUT2D eigenvalue weighted by Gasteiger charge is -2.34. The number of aromatic nitrogens is 5. The zero-order chi connectivity index (χ0) is 26.8. The molecule has 1 amide bonds. The van der Waals surface area contributed by atoms with Gasteiger partial charge in [-0.25, -0.2) is 19.6 Å². The van der Waals surface area contributed by atoms with Crippen molar-refractivity contribution in [2.45, 2.75) is 25.8 Å².